The fourth-order valence-corrected chi connectivity index (χ4v) is 6.64. The standard InChI is InChI=1S/C28H32FIN4O3/c1-18-25(27(2,3)29)24(11-13-33-17-21(12-14-35)31-32-33)37-28(18)22-15-20(30)9-10-23(22)34(26(28)36)16-19-7-5-4-6-8-19/h4-10,15,17-18,24-25,35H,11-14,16H2,1-3H3/t18-,24+,25-,28+/m1/s1. The number of aryl methyl sites for hydroxylation is 1. The number of aromatic nitrogens is 3. The van der Waals surface area contributed by atoms with E-state index in [0.29, 0.717) is 31.6 Å². The molecule has 2 aliphatic heterocycles. The van der Waals surface area contributed by atoms with Crippen LogP contribution in [0, 0.1) is 15.4 Å². The van der Waals surface area contributed by atoms with Crippen LogP contribution < -0.4 is 4.90 Å². The van der Waals surface area contributed by atoms with Gasteiger partial charge in [-0.15, -0.1) is 5.10 Å². The van der Waals surface area contributed by atoms with Gasteiger partial charge in [0.05, 0.1) is 24.0 Å². The Hall–Kier alpha value is -2.37. The van der Waals surface area contributed by atoms with Crippen molar-refractivity contribution in [3.05, 3.63) is 75.1 Å². The Morgan fingerprint density at radius 3 is 2.68 bits per heavy atom. The molecule has 0 unspecified atom stereocenters. The molecular formula is C28H32FIN4O3. The van der Waals surface area contributed by atoms with Gasteiger partial charge >= 0.3 is 0 Å². The molecule has 1 fully saturated rings. The van der Waals surface area contributed by atoms with E-state index in [2.05, 4.69) is 32.9 Å². The molecule has 9 heteroatoms. The summed E-state index contributed by atoms with van der Waals surface area (Å²) in [6.45, 7) is 6.01. The minimum absolute atomic E-state index is 0.00236. The number of benzene rings is 2. The van der Waals surface area contributed by atoms with E-state index in [0.717, 1.165) is 20.4 Å². The van der Waals surface area contributed by atoms with E-state index in [-0.39, 0.29) is 18.4 Å². The predicted octanol–water partition coefficient (Wildman–Crippen LogP) is 4.65. The maximum Gasteiger partial charge on any atom is 0.264 e. The molecule has 0 aliphatic carbocycles. The molecule has 4 atom stereocenters. The highest BCUT2D eigenvalue weighted by Crippen LogP contribution is 2.58. The van der Waals surface area contributed by atoms with E-state index in [1.54, 1.807) is 29.6 Å². The molecule has 2 aromatic carbocycles. The number of aliphatic hydroxyl groups is 1. The van der Waals surface area contributed by atoms with Crippen molar-refractivity contribution in [3.8, 4) is 0 Å². The molecule has 2 aliphatic rings. The highest BCUT2D eigenvalue weighted by atomic mass is 127. The summed E-state index contributed by atoms with van der Waals surface area (Å²) in [7, 11) is 0. The van der Waals surface area contributed by atoms with Gasteiger partial charge < -0.3 is 14.7 Å². The van der Waals surface area contributed by atoms with E-state index in [1.807, 2.05) is 55.5 Å². The van der Waals surface area contributed by atoms with Crippen LogP contribution in [-0.2, 0) is 34.6 Å². The van der Waals surface area contributed by atoms with Crippen LogP contribution >= 0.6 is 22.6 Å². The van der Waals surface area contributed by atoms with Gasteiger partial charge in [-0.2, -0.15) is 0 Å². The number of nitrogens with zero attached hydrogens (tertiary/aromatic N) is 4. The maximum atomic E-state index is 15.8. The normalized spacial score (nSPS) is 25.3. The summed E-state index contributed by atoms with van der Waals surface area (Å²) in [6.07, 6.45) is 2.21. The van der Waals surface area contributed by atoms with Gasteiger partial charge in [0, 0.05) is 46.7 Å². The highest BCUT2D eigenvalue weighted by Gasteiger charge is 2.66. The van der Waals surface area contributed by atoms with E-state index < -0.39 is 23.3 Å². The molecule has 0 radical (unpaired) electrons. The summed E-state index contributed by atoms with van der Waals surface area (Å²) in [5.41, 5.74) is 0.541. The molecule has 1 N–H and O–H groups in total. The van der Waals surface area contributed by atoms with Crippen LogP contribution in [0.1, 0.15) is 44.0 Å². The molecule has 0 bridgehead atoms. The molecule has 3 heterocycles. The third-order valence-electron chi connectivity index (χ3n) is 7.70. The first kappa shape index (κ1) is 26.2. The second-order valence-electron chi connectivity index (χ2n) is 10.5. The lowest BCUT2D eigenvalue weighted by atomic mass is 9.71. The second kappa shape index (κ2) is 10.1. The van der Waals surface area contributed by atoms with E-state index in [1.165, 1.54) is 0 Å². The summed E-state index contributed by atoms with van der Waals surface area (Å²) in [5, 5.41) is 17.4. The minimum atomic E-state index is -1.56. The van der Waals surface area contributed by atoms with Crippen LogP contribution in [-0.4, -0.2) is 44.4 Å². The quantitative estimate of drug-likeness (QED) is 0.372. The average Bonchev–Trinajstić information content (AvgIpc) is 3.49. The Labute approximate surface area is 230 Å². The molecular weight excluding hydrogens is 586 g/mol. The van der Waals surface area contributed by atoms with Crippen LogP contribution in [0.15, 0.2) is 54.7 Å². The monoisotopic (exact) mass is 618 g/mol. The van der Waals surface area contributed by atoms with Crippen LogP contribution in [0.2, 0.25) is 0 Å². The summed E-state index contributed by atoms with van der Waals surface area (Å²) < 4.78 is 25.3. The smallest absolute Gasteiger partial charge is 0.264 e. The van der Waals surface area contributed by atoms with Gasteiger partial charge in [0.15, 0.2) is 5.60 Å². The van der Waals surface area contributed by atoms with Gasteiger partial charge in [-0.1, -0.05) is 42.5 Å². The van der Waals surface area contributed by atoms with Crippen molar-refractivity contribution in [2.75, 3.05) is 11.5 Å². The number of hydrogen-bond acceptors (Lipinski definition) is 5. The van der Waals surface area contributed by atoms with Crippen molar-refractivity contribution in [2.45, 2.75) is 64.1 Å². The number of carbonyl (C=O) groups is 1. The minimum Gasteiger partial charge on any atom is -0.396 e. The number of carbonyl (C=O) groups excluding carboxylic acids is 1. The molecule has 5 rings (SSSR count). The number of hydrogen-bond donors (Lipinski definition) is 1. The van der Waals surface area contributed by atoms with Gasteiger partial charge in [0.1, 0.15) is 5.67 Å². The van der Waals surface area contributed by atoms with Crippen molar-refractivity contribution in [2.24, 2.45) is 11.8 Å². The van der Waals surface area contributed by atoms with Gasteiger partial charge in [-0.3, -0.25) is 9.48 Å². The van der Waals surface area contributed by atoms with Crippen LogP contribution in [0.5, 0.6) is 0 Å². The van der Waals surface area contributed by atoms with Crippen molar-refractivity contribution >= 4 is 34.2 Å². The lowest BCUT2D eigenvalue weighted by Gasteiger charge is -2.32. The third-order valence-corrected chi connectivity index (χ3v) is 8.37. The zero-order valence-electron chi connectivity index (χ0n) is 21.3. The summed E-state index contributed by atoms with van der Waals surface area (Å²) in [4.78, 5) is 16.1. The number of amides is 1. The Bertz CT molecular complexity index is 1280. The average molecular weight is 618 g/mol. The molecule has 7 nitrogen and oxygen atoms in total. The fourth-order valence-electron chi connectivity index (χ4n) is 6.15. The van der Waals surface area contributed by atoms with Gasteiger partial charge in [-0.25, -0.2) is 4.39 Å². The van der Waals surface area contributed by atoms with E-state index in [4.69, 9.17) is 9.84 Å². The lowest BCUT2D eigenvalue weighted by molar-refractivity contribution is -0.146. The first-order valence-electron chi connectivity index (χ1n) is 12.7. The Kier molecular flexibility index (Phi) is 7.14. The van der Waals surface area contributed by atoms with Crippen molar-refractivity contribution in [1.29, 1.82) is 0 Å². The Balaban J connectivity index is 1.50. The number of aliphatic hydroxyl groups excluding tert-OH is 1. The van der Waals surface area contributed by atoms with Gasteiger partial charge in [0.2, 0.25) is 0 Å². The number of ether oxygens (including phenoxy) is 1. The SMILES string of the molecule is C[C@@H]1[C@@H](C(C)(C)F)[C@H](CCn2cc(CCO)nn2)O[C@@]12C(=O)N(Cc1ccccc1)c1ccc(I)cc12. The molecule has 37 heavy (non-hydrogen) atoms. The summed E-state index contributed by atoms with van der Waals surface area (Å²) in [6, 6.07) is 15.9. The summed E-state index contributed by atoms with van der Waals surface area (Å²) >= 11 is 2.25. The molecule has 1 amide bonds. The molecule has 3 aromatic rings. The lowest BCUT2D eigenvalue weighted by Crippen LogP contribution is -2.45. The number of halogens is 2. The number of anilines is 1. The zero-order valence-corrected chi connectivity index (χ0v) is 23.4. The first-order chi connectivity index (χ1) is 17.6. The Morgan fingerprint density at radius 1 is 1.22 bits per heavy atom. The second-order valence-corrected chi connectivity index (χ2v) is 11.8. The Morgan fingerprint density at radius 2 is 1.97 bits per heavy atom. The molecule has 1 spiro atoms. The van der Waals surface area contributed by atoms with Crippen LogP contribution in [0.4, 0.5) is 10.1 Å². The van der Waals surface area contributed by atoms with Crippen molar-refractivity contribution in [3.63, 3.8) is 0 Å². The van der Waals surface area contributed by atoms with Gasteiger partial charge in [-0.05, 0) is 66.6 Å². The van der Waals surface area contributed by atoms with E-state index >= 15 is 4.39 Å². The van der Waals surface area contributed by atoms with Crippen molar-refractivity contribution < 1.29 is 19.0 Å². The topological polar surface area (TPSA) is 80.5 Å². The number of alkyl halides is 1. The predicted molar refractivity (Wildman–Crippen MR) is 147 cm³/mol. The van der Waals surface area contributed by atoms with Crippen LogP contribution in [0.25, 0.3) is 0 Å². The van der Waals surface area contributed by atoms with Crippen LogP contribution in [0.3, 0.4) is 0 Å². The molecule has 1 saturated heterocycles. The molecule has 1 aromatic heterocycles. The van der Waals surface area contributed by atoms with Gasteiger partial charge in [0.25, 0.3) is 5.91 Å². The fraction of sp³-hybridized carbons (Fsp3) is 0.464. The third kappa shape index (κ3) is 4.70. The number of rotatable bonds is 8. The first-order valence-corrected chi connectivity index (χ1v) is 13.8. The van der Waals surface area contributed by atoms with E-state index in [9.17, 15) is 4.79 Å². The zero-order chi connectivity index (χ0) is 26.4. The molecule has 0 saturated carbocycles. The summed E-state index contributed by atoms with van der Waals surface area (Å²) in [5.74, 6) is -1.02. The number of fused-ring (bicyclic) bond motifs is 2. The molecule has 196 valence electrons. The highest BCUT2D eigenvalue weighted by molar-refractivity contribution is 14.1. The maximum absolute atomic E-state index is 15.8. The largest absolute Gasteiger partial charge is 0.396 e. The van der Waals surface area contributed by atoms with Crippen molar-refractivity contribution in [1.82, 2.24) is 15.0 Å².